The maximum absolute atomic E-state index is 5.71. The number of nitrogens with two attached hydrogens (primary N) is 1. The van der Waals surface area contributed by atoms with Crippen LogP contribution >= 0.6 is 0 Å². The van der Waals surface area contributed by atoms with Gasteiger partial charge in [-0.2, -0.15) is 0 Å². The molecule has 0 spiro atoms. The second-order valence-electron chi connectivity index (χ2n) is 3.79. The SMILES string of the molecule is CCCCc1cc(OCOC)ccc1CN.[Br-].[Br-].[Mg+2]. The van der Waals surface area contributed by atoms with Gasteiger partial charge in [0.2, 0.25) is 0 Å². The third kappa shape index (κ3) is 9.26. The predicted molar refractivity (Wildman–Crippen MR) is 71.2 cm³/mol. The Hall–Kier alpha value is 0.666. The fraction of sp³-hybridized carbons (Fsp3) is 0.538. The molecule has 0 aliphatic rings. The van der Waals surface area contributed by atoms with Gasteiger partial charge in [-0.15, -0.1) is 0 Å². The molecule has 0 aliphatic heterocycles. The van der Waals surface area contributed by atoms with E-state index in [0.717, 1.165) is 12.2 Å². The molecule has 0 atom stereocenters. The van der Waals surface area contributed by atoms with Gasteiger partial charge in [-0.05, 0) is 36.1 Å². The third-order valence-corrected chi connectivity index (χ3v) is 2.54. The van der Waals surface area contributed by atoms with Gasteiger partial charge in [0.15, 0.2) is 6.79 Å². The number of hydrogen-bond donors (Lipinski definition) is 1. The van der Waals surface area contributed by atoms with Crippen LogP contribution in [0.5, 0.6) is 5.75 Å². The molecule has 0 aromatic heterocycles. The monoisotopic (exact) mass is 405 g/mol. The van der Waals surface area contributed by atoms with E-state index in [1.807, 2.05) is 12.1 Å². The molecule has 0 unspecified atom stereocenters. The fourth-order valence-corrected chi connectivity index (χ4v) is 1.62. The van der Waals surface area contributed by atoms with Gasteiger partial charge in [0, 0.05) is 13.7 Å². The van der Waals surface area contributed by atoms with E-state index < -0.39 is 0 Å². The molecule has 6 heteroatoms. The summed E-state index contributed by atoms with van der Waals surface area (Å²) < 4.78 is 10.3. The summed E-state index contributed by atoms with van der Waals surface area (Å²) in [5, 5.41) is 0. The molecule has 1 aromatic rings. The number of ether oxygens (including phenoxy) is 2. The minimum absolute atomic E-state index is 0. The van der Waals surface area contributed by atoms with Gasteiger partial charge in [-0.3, -0.25) is 0 Å². The van der Waals surface area contributed by atoms with Gasteiger partial charge in [0.05, 0.1) is 0 Å². The van der Waals surface area contributed by atoms with Crippen molar-refractivity contribution in [3.8, 4) is 5.75 Å². The topological polar surface area (TPSA) is 44.5 Å². The van der Waals surface area contributed by atoms with Gasteiger partial charge >= 0.3 is 23.1 Å². The zero-order valence-electron chi connectivity index (χ0n) is 11.6. The number of unbranched alkanes of at least 4 members (excludes halogenated alkanes) is 1. The van der Waals surface area contributed by atoms with Crippen LogP contribution < -0.4 is 44.4 Å². The molecule has 0 fully saturated rings. The summed E-state index contributed by atoms with van der Waals surface area (Å²) in [7, 11) is 1.62. The van der Waals surface area contributed by atoms with Crippen LogP contribution in [0, 0.1) is 0 Å². The molecule has 0 saturated carbocycles. The largest absolute Gasteiger partial charge is 2.00 e. The fourth-order valence-electron chi connectivity index (χ4n) is 1.62. The van der Waals surface area contributed by atoms with E-state index in [4.69, 9.17) is 15.2 Å². The Kier molecular flexibility index (Phi) is 19.6. The normalized spacial score (nSPS) is 8.79. The second-order valence-corrected chi connectivity index (χ2v) is 3.79. The van der Waals surface area contributed by atoms with Crippen LogP contribution in [0.3, 0.4) is 0 Å². The molecule has 0 saturated heterocycles. The van der Waals surface area contributed by atoms with Gasteiger partial charge < -0.3 is 49.2 Å². The van der Waals surface area contributed by atoms with Crippen molar-refractivity contribution < 1.29 is 43.4 Å². The smallest absolute Gasteiger partial charge is 1.00 e. The van der Waals surface area contributed by atoms with Crippen molar-refractivity contribution >= 4 is 23.1 Å². The number of methoxy groups -OCH3 is 1. The zero-order valence-corrected chi connectivity index (χ0v) is 16.2. The summed E-state index contributed by atoms with van der Waals surface area (Å²) in [6, 6.07) is 6.05. The van der Waals surface area contributed by atoms with Crippen molar-refractivity contribution in [2.75, 3.05) is 13.9 Å². The molecule has 0 bridgehead atoms. The number of rotatable bonds is 7. The number of halogens is 2. The van der Waals surface area contributed by atoms with E-state index in [1.54, 1.807) is 7.11 Å². The third-order valence-electron chi connectivity index (χ3n) is 2.54. The second kappa shape index (κ2) is 15.1. The molecular formula is C13H21Br2MgNO2. The zero-order chi connectivity index (χ0) is 11.8. The Labute approximate surface area is 153 Å². The predicted octanol–water partition coefficient (Wildman–Crippen LogP) is -3.90. The minimum Gasteiger partial charge on any atom is -1.00 e. The summed E-state index contributed by atoms with van der Waals surface area (Å²) >= 11 is 0. The average molecular weight is 407 g/mol. The van der Waals surface area contributed by atoms with Crippen LogP contribution in [0.4, 0.5) is 0 Å². The molecule has 0 heterocycles. The van der Waals surface area contributed by atoms with Crippen molar-refractivity contribution in [2.45, 2.75) is 32.7 Å². The summed E-state index contributed by atoms with van der Waals surface area (Å²) in [4.78, 5) is 0. The Balaban J connectivity index is -0.000000853. The molecule has 106 valence electrons. The molecule has 0 aliphatic carbocycles. The number of aryl methyl sites for hydroxylation is 1. The molecule has 1 aromatic carbocycles. The quantitative estimate of drug-likeness (QED) is 0.371. The van der Waals surface area contributed by atoms with Gasteiger partial charge in [-0.25, -0.2) is 0 Å². The number of hydrogen-bond acceptors (Lipinski definition) is 3. The molecule has 19 heavy (non-hydrogen) atoms. The Bertz CT molecular complexity index is 328. The first-order chi connectivity index (χ1) is 7.81. The average Bonchev–Trinajstić information content (AvgIpc) is 2.33. The molecule has 1 rings (SSSR count). The van der Waals surface area contributed by atoms with Crippen LogP contribution in [0.2, 0.25) is 0 Å². The number of benzene rings is 1. The standard InChI is InChI=1S/C13H21NO2.2BrH.Mg/c1-3-4-5-11-8-13(16-10-15-2)7-6-12(11)9-14;;;/h6-8H,3-5,9-10,14H2,1-2H3;2*1H;/q;;;+2/p-2. The first kappa shape index (κ1) is 24.7. The summed E-state index contributed by atoms with van der Waals surface area (Å²) in [5.74, 6) is 0.852. The van der Waals surface area contributed by atoms with Gasteiger partial charge in [0.25, 0.3) is 0 Å². The van der Waals surface area contributed by atoms with Crippen LogP contribution in [0.25, 0.3) is 0 Å². The van der Waals surface area contributed by atoms with Crippen molar-refractivity contribution in [1.29, 1.82) is 0 Å². The molecule has 2 N–H and O–H groups in total. The maximum atomic E-state index is 5.71. The molecule has 0 radical (unpaired) electrons. The Morgan fingerprint density at radius 3 is 2.37 bits per heavy atom. The summed E-state index contributed by atoms with van der Waals surface area (Å²) in [6.07, 6.45) is 3.43. The molecular weight excluding hydrogens is 386 g/mol. The Morgan fingerprint density at radius 2 is 1.84 bits per heavy atom. The van der Waals surface area contributed by atoms with Crippen LogP contribution in [-0.4, -0.2) is 37.0 Å². The van der Waals surface area contributed by atoms with Crippen molar-refractivity contribution in [2.24, 2.45) is 5.73 Å². The maximum Gasteiger partial charge on any atom is 2.00 e. The van der Waals surface area contributed by atoms with E-state index in [1.165, 1.54) is 24.0 Å². The first-order valence-corrected chi connectivity index (χ1v) is 5.75. The van der Waals surface area contributed by atoms with Crippen LogP contribution in [-0.2, 0) is 17.7 Å². The van der Waals surface area contributed by atoms with E-state index in [0.29, 0.717) is 6.54 Å². The van der Waals surface area contributed by atoms with Gasteiger partial charge in [0.1, 0.15) is 5.75 Å². The Morgan fingerprint density at radius 1 is 1.16 bits per heavy atom. The molecule has 0 amide bonds. The van der Waals surface area contributed by atoms with E-state index >= 15 is 0 Å². The summed E-state index contributed by atoms with van der Waals surface area (Å²) in [6.45, 7) is 3.06. The van der Waals surface area contributed by atoms with Crippen molar-refractivity contribution in [3.05, 3.63) is 29.3 Å². The van der Waals surface area contributed by atoms with E-state index in [9.17, 15) is 0 Å². The summed E-state index contributed by atoms with van der Waals surface area (Å²) in [5.41, 5.74) is 8.20. The first-order valence-electron chi connectivity index (χ1n) is 5.75. The van der Waals surface area contributed by atoms with Crippen LogP contribution in [0.1, 0.15) is 30.9 Å². The van der Waals surface area contributed by atoms with Gasteiger partial charge in [-0.1, -0.05) is 19.4 Å². The van der Waals surface area contributed by atoms with E-state index in [2.05, 4.69) is 13.0 Å². The van der Waals surface area contributed by atoms with Crippen LogP contribution in [0.15, 0.2) is 18.2 Å². The minimum atomic E-state index is 0. The van der Waals surface area contributed by atoms with Crippen molar-refractivity contribution in [1.82, 2.24) is 0 Å². The van der Waals surface area contributed by atoms with Crippen molar-refractivity contribution in [3.63, 3.8) is 0 Å². The van der Waals surface area contributed by atoms with E-state index in [-0.39, 0.29) is 63.8 Å². The molecule has 3 nitrogen and oxygen atoms in total.